The van der Waals surface area contributed by atoms with Gasteiger partial charge in [0, 0.05) is 22.8 Å². The predicted octanol–water partition coefficient (Wildman–Crippen LogP) is 3.98. The molecule has 2 N–H and O–H groups in total. The number of nitrogens with zero attached hydrogens (tertiary/aromatic N) is 1. The molecule has 1 heterocycles. The summed E-state index contributed by atoms with van der Waals surface area (Å²) in [7, 11) is 0. The molecule has 1 aromatic carbocycles. The number of hydrogen-bond donors (Lipinski definition) is 1. The second-order valence-electron chi connectivity index (χ2n) is 3.56. The topological polar surface area (TPSA) is 48.1 Å². The molecular weight excluding hydrogens is 312 g/mol. The summed E-state index contributed by atoms with van der Waals surface area (Å²) in [4.78, 5) is 5.33. The Balaban J connectivity index is 2.26. The van der Waals surface area contributed by atoms with Crippen LogP contribution in [0, 0.1) is 0 Å². The van der Waals surface area contributed by atoms with Crippen molar-refractivity contribution < 1.29 is 4.74 Å². The SMILES string of the molecule is CCOc1cc(N)cc(Sc2ncccc2Br)c1. The highest BCUT2D eigenvalue weighted by molar-refractivity contribution is 9.10. The maximum Gasteiger partial charge on any atom is 0.122 e. The average Bonchev–Trinajstić information content (AvgIpc) is 2.32. The van der Waals surface area contributed by atoms with E-state index < -0.39 is 0 Å². The van der Waals surface area contributed by atoms with E-state index in [1.165, 1.54) is 0 Å². The maximum absolute atomic E-state index is 5.86. The van der Waals surface area contributed by atoms with Gasteiger partial charge >= 0.3 is 0 Å². The van der Waals surface area contributed by atoms with Gasteiger partial charge < -0.3 is 10.5 Å². The second-order valence-corrected chi connectivity index (χ2v) is 5.48. The van der Waals surface area contributed by atoms with E-state index in [-0.39, 0.29) is 0 Å². The van der Waals surface area contributed by atoms with Crippen molar-refractivity contribution in [3.8, 4) is 5.75 Å². The minimum atomic E-state index is 0.626. The van der Waals surface area contributed by atoms with Gasteiger partial charge in [-0.3, -0.25) is 0 Å². The summed E-state index contributed by atoms with van der Waals surface area (Å²) in [6.45, 7) is 2.58. The van der Waals surface area contributed by atoms with Crippen LogP contribution in [-0.4, -0.2) is 11.6 Å². The molecule has 0 aliphatic rings. The fourth-order valence-electron chi connectivity index (χ4n) is 1.46. The third-order valence-electron chi connectivity index (χ3n) is 2.15. The molecule has 0 unspecified atom stereocenters. The zero-order chi connectivity index (χ0) is 13.0. The van der Waals surface area contributed by atoms with Gasteiger partial charge in [-0.05, 0) is 47.1 Å². The van der Waals surface area contributed by atoms with E-state index in [4.69, 9.17) is 10.5 Å². The van der Waals surface area contributed by atoms with Crippen LogP contribution in [0.15, 0.2) is 50.9 Å². The van der Waals surface area contributed by atoms with E-state index in [1.807, 2.05) is 37.3 Å². The molecule has 0 aliphatic heterocycles. The Labute approximate surface area is 119 Å². The van der Waals surface area contributed by atoms with Crippen molar-refractivity contribution in [1.82, 2.24) is 4.98 Å². The van der Waals surface area contributed by atoms with Gasteiger partial charge in [-0.1, -0.05) is 11.8 Å². The number of nitrogens with two attached hydrogens (primary N) is 1. The summed E-state index contributed by atoms with van der Waals surface area (Å²) in [5.74, 6) is 0.784. The number of pyridine rings is 1. The Morgan fingerprint density at radius 3 is 2.94 bits per heavy atom. The molecule has 0 saturated carbocycles. The number of nitrogen functional groups attached to an aromatic ring is 1. The zero-order valence-corrected chi connectivity index (χ0v) is 12.3. The number of aromatic nitrogens is 1. The molecule has 18 heavy (non-hydrogen) atoms. The van der Waals surface area contributed by atoms with Crippen molar-refractivity contribution >= 4 is 33.4 Å². The van der Waals surface area contributed by atoms with Gasteiger partial charge in [0.15, 0.2) is 0 Å². The van der Waals surface area contributed by atoms with Crippen LogP contribution in [0.1, 0.15) is 6.92 Å². The lowest BCUT2D eigenvalue weighted by Gasteiger charge is -2.08. The summed E-state index contributed by atoms with van der Waals surface area (Å²) < 4.78 is 6.44. The summed E-state index contributed by atoms with van der Waals surface area (Å²) in [6, 6.07) is 9.55. The zero-order valence-electron chi connectivity index (χ0n) is 9.89. The lowest BCUT2D eigenvalue weighted by atomic mass is 10.3. The van der Waals surface area contributed by atoms with Gasteiger partial charge in [-0.2, -0.15) is 0 Å². The Kier molecular flexibility index (Phi) is 4.49. The van der Waals surface area contributed by atoms with Crippen LogP contribution in [0.25, 0.3) is 0 Å². The first kappa shape index (κ1) is 13.2. The lowest BCUT2D eigenvalue weighted by Crippen LogP contribution is -1.94. The molecule has 0 saturated heterocycles. The minimum absolute atomic E-state index is 0.626. The quantitative estimate of drug-likeness (QED) is 0.864. The second kappa shape index (κ2) is 6.11. The van der Waals surface area contributed by atoms with Crippen molar-refractivity contribution in [2.75, 3.05) is 12.3 Å². The first-order chi connectivity index (χ1) is 8.69. The Morgan fingerprint density at radius 1 is 1.39 bits per heavy atom. The summed E-state index contributed by atoms with van der Waals surface area (Å²) in [6.07, 6.45) is 1.77. The number of benzene rings is 1. The summed E-state index contributed by atoms with van der Waals surface area (Å²) >= 11 is 5.03. The Hall–Kier alpha value is -1.20. The van der Waals surface area contributed by atoms with E-state index in [1.54, 1.807) is 18.0 Å². The molecule has 0 aliphatic carbocycles. The number of halogens is 1. The fraction of sp³-hybridized carbons (Fsp3) is 0.154. The first-order valence-electron chi connectivity index (χ1n) is 5.51. The monoisotopic (exact) mass is 324 g/mol. The van der Waals surface area contributed by atoms with E-state index in [0.29, 0.717) is 12.3 Å². The molecule has 0 radical (unpaired) electrons. The predicted molar refractivity (Wildman–Crippen MR) is 78.1 cm³/mol. The summed E-state index contributed by atoms with van der Waals surface area (Å²) in [5, 5.41) is 0.908. The van der Waals surface area contributed by atoms with E-state index in [0.717, 1.165) is 20.1 Å². The van der Waals surface area contributed by atoms with Crippen LogP contribution in [-0.2, 0) is 0 Å². The number of hydrogen-bond acceptors (Lipinski definition) is 4. The standard InChI is InChI=1S/C13H13BrN2OS/c1-2-17-10-6-9(15)7-11(8-10)18-13-12(14)4-3-5-16-13/h3-8H,2,15H2,1H3. The molecule has 5 heteroatoms. The molecule has 94 valence electrons. The number of rotatable bonds is 4. The van der Waals surface area contributed by atoms with Crippen LogP contribution in [0.2, 0.25) is 0 Å². The van der Waals surface area contributed by atoms with E-state index in [2.05, 4.69) is 20.9 Å². The third kappa shape index (κ3) is 3.40. The Bertz CT molecular complexity index is 548. The number of anilines is 1. The molecule has 0 bridgehead atoms. The van der Waals surface area contributed by atoms with Gasteiger partial charge in [-0.15, -0.1) is 0 Å². The molecule has 0 fully saturated rings. The van der Waals surface area contributed by atoms with Gasteiger partial charge in [-0.25, -0.2) is 4.98 Å². The normalized spacial score (nSPS) is 10.3. The van der Waals surface area contributed by atoms with Crippen LogP contribution >= 0.6 is 27.7 Å². The van der Waals surface area contributed by atoms with Crippen LogP contribution in [0.4, 0.5) is 5.69 Å². The van der Waals surface area contributed by atoms with Crippen molar-refractivity contribution in [2.24, 2.45) is 0 Å². The number of ether oxygens (including phenoxy) is 1. The maximum atomic E-state index is 5.86. The smallest absolute Gasteiger partial charge is 0.122 e. The summed E-state index contributed by atoms with van der Waals surface area (Å²) in [5.41, 5.74) is 6.55. The van der Waals surface area contributed by atoms with Crippen molar-refractivity contribution in [3.63, 3.8) is 0 Å². The van der Waals surface area contributed by atoms with E-state index in [9.17, 15) is 0 Å². The molecule has 0 amide bonds. The van der Waals surface area contributed by atoms with Gasteiger partial charge in [0.25, 0.3) is 0 Å². The van der Waals surface area contributed by atoms with Crippen LogP contribution in [0.3, 0.4) is 0 Å². The molecule has 2 aromatic rings. The van der Waals surface area contributed by atoms with Crippen LogP contribution < -0.4 is 10.5 Å². The fourth-order valence-corrected chi connectivity index (χ4v) is 2.83. The van der Waals surface area contributed by atoms with Gasteiger partial charge in [0.05, 0.1) is 11.1 Å². The van der Waals surface area contributed by atoms with Crippen molar-refractivity contribution in [1.29, 1.82) is 0 Å². The highest BCUT2D eigenvalue weighted by Gasteiger charge is 2.05. The Morgan fingerprint density at radius 2 is 2.22 bits per heavy atom. The lowest BCUT2D eigenvalue weighted by molar-refractivity contribution is 0.339. The van der Waals surface area contributed by atoms with Gasteiger partial charge in [0.1, 0.15) is 10.8 Å². The third-order valence-corrected chi connectivity index (χ3v) is 4.05. The molecule has 0 spiro atoms. The van der Waals surface area contributed by atoms with Crippen molar-refractivity contribution in [3.05, 3.63) is 41.0 Å². The largest absolute Gasteiger partial charge is 0.494 e. The minimum Gasteiger partial charge on any atom is -0.494 e. The average molecular weight is 325 g/mol. The van der Waals surface area contributed by atoms with Crippen LogP contribution in [0.5, 0.6) is 5.75 Å². The molecule has 0 atom stereocenters. The van der Waals surface area contributed by atoms with Crippen molar-refractivity contribution in [2.45, 2.75) is 16.8 Å². The molecule has 2 rings (SSSR count). The molecular formula is C13H13BrN2OS. The highest BCUT2D eigenvalue weighted by Crippen LogP contribution is 2.34. The molecule has 1 aromatic heterocycles. The van der Waals surface area contributed by atoms with Gasteiger partial charge in [0.2, 0.25) is 0 Å². The highest BCUT2D eigenvalue weighted by atomic mass is 79.9. The molecule has 3 nitrogen and oxygen atoms in total. The van der Waals surface area contributed by atoms with E-state index >= 15 is 0 Å². The first-order valence-corrected chi connectivity index (χ1v) is 7.11.